The number of nitrogens with zero attached hydrogens (tertiary/aromatic N) is 1. The molecule has 1 aromatic heterocycles. The molecular formula is C17H25NO. The molecule has 2 nitrogen and oxygen atoms in total. The molecule has 2 aliphatic carbocycles. The van der Waals surface area contributed by atoms with Gasteiger partial charge in [-0.05, 0) is 36.3 Å². The summed E-state index contributed by atoms with van der Waals surface area (Å²) in [6, 6.07) is 5.89. The van der Waals surface area contributed by atoms with Gasteiger partial charge in [0.25, 0.3) is 0 Å². The fourth-order valence-corrected chi connectivity index (χ4v) is 5.56. The number of fused-ring (bicyclic) bond motifs is 2. The summed E-state index contributed by atoms with van der Waals surface area (Å²) in [7, 11) is 0. The third-order valence-electron chi connectivity index (χ3n) is 6.86. The van der Waals surface area contributed by atoms with Crippen LogP contribution in [0.2, 0.25) is 0 Å². The fraction of sp³-hybridized carbons (Fsp3) is 0.706. The van der Waals surface area contributed by atoms with Crippen LogP contribution in [-0.2, 0) is 5.60 Å². The van der Waals surface area contributed by atoms with Crippen molar-refractivity contribution in [1.82, 2.24) is 4.98 Å². The van der Waals surface area contributed by atoms with Crippen molar-refractivity contribution in [2.45, 2.75) is 53.1 Å². The molecule has 0 saturated heterocycles. The Bertz CT molecular complexity index is 507. The number of aliphatic hydroxyl groups is 1. The standard InChI is InChI=1S/C17H25NO/c1-14(2)12-9-10-16(14,5)17(19,15(12,3)4)13-8-6-7-11-18-13/h6-8,11-12,19H,9-10H2,1-5H3/t12-,16-,17-/m1/s1. The Morgan fingerprint density at radius 3 is 2.26 bits per heavy atom. The molecule has 0 aliphatic heterocycles. The predicted molar refractivity (Wildman–Crippen MR) is 76.5 cm³/mol. The molecule has 0 amide bonds. The Kier molecular flexibility index (Phi) is 2.35. The topological polar surface area (TPSA) is 33.1 Å². The Morgan fingerprint density at radius 1 is 1.11 bits per heavy atom. The van der Waals surface area contributed by atoms with Crippen molar-refractivity contribution in [2.75, 3.05) is 0 Å². The normalized spacial score (nSPS) is 42.5. The van der Waals surface area contributed by atoms with Gasteiger partial charge in [0, 0.05) is 17.0 Å². The molecule has 2 fully saturated rings. The number of hydrogen-bond acceptors (Lipinski definition) is 2. The van der Waals surface area contributed by atoms with Crippen molar-refractivity contribution in [1.29, 1.82) is 0 Å². The van der Waals surface area contributed by atoms with E-state index in [0.29, 0.717) is 5.92 Å². The highest BCUT2D eigenvalue weighted by Crippen LogP contribution is 2.78. The van der Waals surface area contributed by atoms with E-state index in [4.69, 9.17) is 0 Å². The van der Waals surface area contributed by atoms with Gasteiger partial charge in [0.05, 0.1) is 5.69 Å². The van der Waals surface area contributed by atoms with Crippen molar-refractivity contribution in [3.63, 3.8) is 0 Å². The van der Waals surface area contributed by atoms with E-state index < -0.39 is 5.60 Å². The lowest BCUT2D eigenvalue weighted by Crippen LogP contribution is -2.52. The van der Waals surface area contributed by atoms with Crippen LogP contribution in [-0.4, -0.2) is 10.1 Å². The average molecular weight is 259 g/mol. The van der Waals surface area contributed by atoms with E-state index >= 15 is 0 Å². The third-order valence-corrected chi connectivity index (χ3v) is 6.86. The van der Waals surface area contributed by atoms with E-state index in [-0.39, 0.29) is 16.2 Å². The van der Waals surface area contributed by atoms with Crippen LogP contribution in [0.15, 0.2) is 24.4 Å². The molecule has 104 valence electrons. The molecule has 0 radical (unpaired) electrons. The van der Waals surface area contributed by atoms with Gasteiger partial charge in [-0.15, -0.1) is 0 Å². The zero-order valence-electron chi connectivity index (χ0n) is 12.7. The molecule has 2 aliphatic rings. The number of hydrogen-bond donors (Lipinski definition) is 1. The first-order valence-corrected chi connectivity index (χ1v) is 7.33. The minimum Gasteiger partial charge on any atom is -0.382 e. The van der Waals surface area contributed by atoms with Crippen LogP contribution in [0.4, 0.5) is 0 Å². The first kappa shape index (κ1) is 13.1. The van der Waals surface area contributed by atoms with Gasteiger partial charge in [0.1, 0.15) is 5.60 Å². The molecule has 1 heterocycles. The van der Waals surface area contributed by atoms with Crippen LogP contribution in [0.5, 0.6) is 0 Å². The first-order chi connectivity index (χ1) is 8.69. The fourth-order valence-electron chi connectivity index (χ4n) is 5.56. The minimum absolute atomic E-state index is 0.109. The lowest BCUT2D eigenvalue weighted by Gasteiger charge is -2.50. The smallest absolute Gasteiger partial charge is 0.118 e. The zero-order chi connectivity index (χ0) is 14.1. The van der Waals surface area contributed by atoms with Crippen LogP contribution in [0.25, 0.3) is 0 Å². The second kappa shape index (κ2) is 3.41. The van der Waals surface area contributed by atoms with E-state index in [0.717, 1.165) is 12.1 Å². The van der Waals surface area contributed by atoms with E-state index in [1.165, 1.54) is 6.42 Å². The molecule has 2 heteroatoms. The summed E-state index contributed by atoms with van der Waals surface area (Å²) < 4.78 is 0. The average Bonchev–Trinajstić information content (AvgIpc) is 2.64. The maximum absolute atomic E-state index is 11.7. The summed E-state index contributed by atoms with van der Waals surface area (Å²) in [5, 5.41) is 11.7. The predicted octanol–water partition coefficient (Wildman–Crippen LogP) is 3.75. The van der Waals surface area contributed by atoms with Crippen molar-refractivity contribution in [3.05, 3.63) is 30.1 Å². The summed E-state index contributed by atoms with van der Waals surface area (Å²) >= 11 is 0. The van der Waals surface area contributed by atoms with Crippen molar-refractivity contribution in [2.24, 2.45) is 22.2 Å². The van der Waals surface area contributed by atoms with E-state index in [2.05, 4.69) is 39.6 Å². The summed E-state index contributed by atoms with van der Waals surface area (Å²) in [6.07, 6.45) is 4.10. The molecule has 1 aromatic rings. The van der Waals surface area contributed by atoms with Gasteiger partial charge in [-0.2, -0.15) is 0 Å². The number of aromatic nitrogens is 1. The van der Waals surface area contributed by atoms with Gasteiger partial charge >= 0.3 is 0 Å². The summed E-state index contributed by atoms with van der Waals surface area (Å²) in [5.74, 6) is 0.539. The highest BCUT2D eigenvalue weighted by Gasteiger charge is 2.77. The monoisotopic (exact) mass is 259 g/mol. The van der Waals surface area contributed by atoms with Crippen LogP contribution in [0.1, 0.15) is 53.2 Å². The molecule has 19 heavy (non-hydrogen) atoms. The SMILES string of the molecule is CC1(C)[C@@H]2CC[C@](C)(C2(C)C)[C@@]1(O)c1ccccn1. The summed E-state index contributed by atoms with van der Waals surface area (Å²) in [5.41, 5.74) is -0.102. The highest BCUT2D eigenvalue weighted by molar-refractivity contribution is 5.32. The molecule has 3 atom stereocenters. The van der Waals surface area contributed by atoms with Crippen LogP contribution in [0.3, 0.4) is 0 Å². The second-order valence-electron chi connectivity index (χ2n) is 7.79. The van der Waals surface area contributed by atoms with Crippen LogP contribution >= 0.6 is 0 Å². The van der Waals surface area contributed by atoms with Gasteiger partial charge < -0.3 is 5.11 Å². The lowest BCUT2D eigenvalue weighted by molar-refractivity contribution is -0.161. The summed E-state index contributed by atoms with van der Waals surface area (Å²) in [4.78, 5) is 4.51. The van der Waals surface area contributed by atoms with Gasteiger partial charge in [-0.25, -0.2) is 0 Å². The Morgan fingerprint density at radius 2 is 1.79 bits per heavy atom. The Balaban J connectivity index is 2.27. The van der Waals surface area contributed by atoms with E-state index in [1.807, 2.05) is 18.2 Å². The second-order valence-corrected chi connectivity index (χ2v) is 7.79. The molecule has 0 unspecified atom stereocenters. The van der Waals surface area contributed by atoms with E-state index in [1.54, 1.807) is 6.20 Å². The molecule has 0 aromatic carbocycles. The first-order valence-electron chi connectivity index (χ1n) is 7.33. The Hall–Kier alpha value is -0.890. The quantitative estimate of drug-likeness (QED) is 0.833. The lowest BCUT2D eigenvalue weighted by atomic mass is 9.58. The largest absolute Gasteiger partial charge is 0.382 e. The van der Waals surface area contributed by atoms with Crippen molar-refractivity contribution in [3.8, 4) is 0 Å². The number of rotatable bonds is 1. The van der Waals surface area contributed by atoms with Gasteiger partial charge in [-0.3, -0.25) is 4.98 Å². The minimum atomic E-state index is -0.840. The molecule has 2 saturated carbocycles. The van der Waals surface area contributed by atoms with Crippen molar-refractivity contribution >= 4 is 0 Å². The van der Waals surface area contributed by atoms with Gasteiger partial charge in [-0.1, -0.05) is 40.7 Å². The molecule has 2 bridgehead atoms. The van der Waals surface area contributed by atoms with Crippen LogP contribution in [0, 0.1) is 22.2 Å². The molecule has 3 rings (SSSR count). The van der Waals surface area contributed by atoms with Gasteiger partial charge in [0.15, 0.2) is 0 Å². The Labute approximate surface area is 116 Å². The van der Waals surface area contributed by atoms with Gasteiger partial charge in [0.2, 0.25) is 0 Å². The molecular weight excluding hydrogens is 234 g/mol. The highest BCUT2D eigenvalue weighted by atomic mass is 16.3. The maximum atomic E-state index is 11.7. The molecule has 1 N–H and O–H groups in total. The van der Waals surface area contributed by atoms with E-state index in [9.17, 15) is 5.11 Å². The summed E-state index contributed by atoms with van der Waals surface area (Å²) in [6.45, 7) is 11.4. The van der Waals surface area contributed by atoms with Crippen molar-refractivity contribution < 1.29 is 5.11 Å². The molecule has 0 spiro atoms. The third kappa shape index (κ3) is 1.16. The van der Waals surface area contributed by atoms with Crippen LogP contribution < -0.4 is 0 Å². The zero-order valence-corrected chi connectivity index (χ0v) is 12.7. The number of pyridine rings is 1. The maximum Gasteiger partial charge on any atom is 0.118 e.